The van der Waals surface area contributed by atoms with Crippen LogP contribution in [0.3, 0.4) is 0 Å². The predicted octanol–water partition coefficient (Wildman–Crippen LogP) is 10.3. The Morgan fingerprint density at radius 1 is 0.625 bits per heavy atom. The van der Waals surface area contributed by atoms with Gasteiger partial charge in [-0.1, -0.05) is 127 Å². The maximum Gasteiger partial charge on any atom is 0.472 e. The second kappa shape index (κ2) is 36.0. The summed E-state index contributed by atoms with van der Waals surface area (Å²) in [5.41, 5.74) is 0. The van der Waals surface area contributed by atoms with Gasteiger partial charge in [0.25, 0.3) is 0 Å². The molecule has 1 heterocycles. The molecule has 1 aliphatic rings. The lowest BCUT2D eigenvalue weighted by molar-refractivity contribution is -0.161. The van der Waals surface area contributed by atoms with Gasteiger partial charge in [-0.15, -0.1) is 0 Å². The summed E-state index contributed by atoms with van der Waals surface area (Å²) < 4.78 is 38.4. The highest BCUT2D eigenvalue weighted by molar-refractivity contribution is 7.47. The number of esters is 2. The minimum absolute atomic E-state index is 0.0973. The van der Waals surface area contributed by atoms with Gasteiger partial charge in [0.2, 0.25) is 0 Å². The zero-order valence-electron chi connectivity index (χ0n) is 34.8. The molecule has 0 amide bonds. The Labute approximate surface area is 338 Å². The summed E-state index contributed by atoms with van der Waals surface area (Å²) in [6.07, 6.45) is 39.6. The van der Waals surface area contributed by atoms with E-state index >= 15 is 0 Å². The number of epoxide rings is 1. The lowest BCUT2D eigenvalue weighted by atomic mass is 10.1. The molecule has 0 aliphatic carbocycles. The number of aliphatic hydroxyl groups excluding tert-OH is 2. The molecule has 0 bridgehead atoms. The van der Waals surface area contributed by atoms with Crippen LogP contribution >= 0.6 is 7.82 Å². The molecule has 324 valence electrons. The number of aliphatic hydroxyl groups is 2. The first-order valence-electron chi connectivity index (χ1n) is 21.7. The van der Waals surface area contributed by atoms with Crippen LogP contribution in [-0.2, 0) is 37.4 Å². The molecule has 5 unspecified atom stereocenters. The Morgan fingerprint density at radius 3 is 1.77 bits per heavy atom. The van der Waals surface area contributed by atoms with Crippen LogP contribution in [-0.4, -0.2) is 77.9 Å². The van der Waals surface area contributed by atoms with Crippen molar-refractivity contribution in [3.8, 4) is 0 Å². The van der Waals surface area contributed by atoms with E-state index in [9.17, 15) is 24.2 Å². The lowest BCUT2D eigenvalue weighted by Crippen LogP contribution is -2.29. The zero-order valence-corrected chi connectivity index (χ0v) is 35.7. The summed E-state index contributed by atoms with van der Waals surface area (Å²) in [6.45, 7) is 2.25. The van der Waals surface area contributed by atoms with Crippen molar-refractivity contribution in [1.29, 1.82) is 0 Å². The van der Waals surface area contributed by atoms with Gasteiger partial charge in [0.15, 0.2) is 6.10 Å². The Bertz CT molecular complexity index is 1140. The van der Waals surface area contributed by atoms with Gasteiger partial charge in [-0.05, 0) is 77.0 Å². The van der Waals surface area contributed by atoms with Gasteiger partial charge in [0.1, 0.15) is 12.7 Å². The molecule has 5 atom stereocenters. The van der Waals surface area contributed by atoms with E-state index in [2.05, 4.69) is 60.9 Å². The van der Waals surface area contributed by atoms with Crippen LogP contribution < -0.4 is 0 Å². The van der Waals surface area contributed by atoms with Crippen molar-refractivity contribution in [1.82, 2.24) is 0 Å². The minimum Gasteiger partial charge on any atom is -0.462 e. The first-order valence-corrected chi connectivity index (χ1v) is 23.2. The fourth-order valence-corrected chi connectivity index (χ4v) is 6.63. The van der Waals surface area contributed by atoms with E-state index in [1.165, 1.54) is 57.8 Å². The van der Waals surface area contributed by atoms with Crippen molar-refractivity contribution in [3.05, 3.63) is 48.6 Å². The first kappa shape index (κ1) is 51.9. The van der Waals surface area contributed by atoms with E-state index in [4.69, 9.17) is 23.8 Å². The summed E-state index contributed by atoms with van der Waals surface area (Å²) >= 11 is 0. The highest BCUT2D eigenvalue weighted by Crippen LogP contribution is 2.43. The predicted molar refractivity (Wildman–Crippen MR) is 223 cm³/mol. The average Bonchev–Trinajstić information content (AvgIpc) is 3.94. The van der Waals surface area contributed by atoms with Crippen LogP contribution in [0.5, 0.6) is 0 Å². The fourth-order valence-electron chi connectivity index (χ4n) is 5.84. The highest BCUT2D eigenvalue weighted by atomic mass is 31.2. The normalized spacial score (nSPS) is 17.9. The molecule has 12 heteroatoms. The number of ether oxygens (including phenoxy) is 3. The molecule has 0 radical (unpaired) electrons. The summed E-state index contributed by atoms with van der Waals surface area (Å²) in [7, 11) is -4.64. The molecular weight excluding hydrogens is 735 g/mol. The minimum atomic E-state index is -4.64. The zero-order chi connectivity index (χ0) is 41.0. The van der Waals surface area contributed by atoms with Crippen molar-refractivity contribution in [2.24, 2.45) is 0 Å². The third-order valence-electron chi connectivity index (χ3n) is 9.36. The summed E-state index contributed by atoms with van der Waals surface area (Å²) in [6, 6.07) is 0. The number of hydrogen-bond acceptors (Lipinski definition) is 10. The molecule has 1 aliphatic heterocycles. The summed E-state index contributed by atoms with van der Waals surface area (Å²) in [5.74, 6) is -1.01. The third-order valence-corrected chi connectivity index (χ3v) is 10.3. The lowest BCUT2D eigenvalue weighted by Gasteiger charge is -2.20. The van der Waals surface area contributed by atoms with Gasteiger partial charge in [0.05, 0.1) is 32.0 Å². The summed E-state index contributed by atoms with van der Waals surface area (Å²) in [5, 5.41) is 18.3. The molecule has 0 aromatic heterocycles. The molecule has 0 aromatic rings. The molecular formula is C44H77O11P. The van der Waals surface area contributed by atoms with Gasteiger partial charge < -0.3 is 29.3 Å². The van der Waals surface area contributed by atoms with Crippen LogP contribution in [0.25, 0.3) is 0 Å². The number of allylic oxidation sites excluding steroid dienone is 6. The largest absolute Gasteiger partial charge is 0.472 e. The quantitative estimate of drug-likeness (QED) is 0.0178. The van der Waals surface area contributed by atoms with Gasteiger partial charge in [-0.2, -0.15) is 0 Å². The van der Waals surface area contributed by atoms with E-state index in [1.807, 2.05) is 6.08 Å². The number of phosphoric acid groups is 1. The second-order valence-electron chi connectivity index (χ2n) is 14.7. The molecule has 1 saturated heterocycles. The summed E-state index contributed by atoms with van der Waals surface area (Å²) in [4.78, 5) is 35.0. The maximum atomic E-state index is 12.6. The number of carbonyl (C=O) groups is 2. The SMILES string of the molecule is CCCCCC=CCC=CCC1OC1CC=CCCCC(=O)OC(COC(=O)CCCCCCCC=CCCCCCCCC)COP(=O)(O)OCC(O)CO. The van der Waals surface area contributed by atoms with E-state index in [0.717, 1.165) is 64.2 Å². The Hall–Kier alpha value is -2.11. The Kier molecular flexibility index (Phi) is 33.4. The van der Waals surface area contributed by atoms with Crippen molar-refractivity contribution in [2.45, 2.75) is 192 Å². The van der Waals surface area contributed by atoms with Crippen LogP contribution in [0.15, 0.2) is 48.6 Å². The van der Waals surface area contributed by atoms with Gasteiger partial charge in [-0.3, -0.25) is 18.6 Å². The van der Waals surface area contributed by atoms with Gasteiger partial charge >= 0.3 is 19.8 Å². The number of carbonyl (C=O) groups excluding carboxylic acids is 2. The second-order valence-corrected chi connectivity index (χ2v) is 16.2. The average molecular weight is 813 g/mol. The fraction of sp³-hybridized carbons (Fsp3) is 0.773. The molecule has 0 saturated carbocycles. The molecule has 3 N–H and O–H groups in total. The highest BCUT2D eigenvalue weighted by Gasteiger charge is 2.36. The molecule has 1 rings (SSSR count). The molecule has 0 aromatic carbocycles. The Morgan fingerprint density at radius 2 is 1.11 bits per heavy atom. The molecule has 0 spiro atoms. The molecule has 11 nitrogen and oxygen atoms in total. The van der Waals surface area contributed by atoms with Crippen molar-refractivity contribution >= 4 is 19.8 Å². The van der Waals surface area contributed by atoms with E-state index in [1.54, 1.807) is 0 Å². The monoisotopic (exact) mass is 813 g/mol. The van der Waals surface area contributed by atoms with Gasteiger partial charge in [-0.25, -0.2) is 4.57 Å². The first-order chi connectivity index (χ1) is 27.2. The maximum absolute atomic E-state index is 12.6. The Balaban J connectivity index is 2.31. The standard InChI is InChI=1S/C44H77O11P/c1-3-5-7-9-11-13-14-15-16-17-18-20-22-24-29-33-43(47)51-37-40(38-53-56(49,50)52-36-39(46)35-45)54-44(48)34-30-26-25-28-32-42-41(55-42)31-27-23-21-19-12-10-8-6-4-2/h12,15-16,19,23,25,27-28,39-42,45-46H,3-11,13-14,17-18,20-22,24,26,29-38H2,1-2H3,(H,49,50). The van der Waals surface area contributed by atoms with Crippen molar-refractivity contribution < 1.29 is 52.5 Å². The van der Waals surface area contributed by atoms with E-state index < -0.39 is 51.8 Å². The number of phosphoric ester groups is 1. The number of hydrogen-bond donors (Lipinski definition) is 3. The number of rotatable bonds is 39. The number of unbranched alkanes of at least 4 members (excludes halogenated alkanes) is 15. The van der Waals surface area contributed by atoms with Crippen LogP contribution in [0.1, 0.15) is 168 Å². The topological polar surface area (TPSA) is 161 Å². The third kappa shape index (κ3) is 32.9. The van der Waals surface area contributed by atoms with Crippen molar-refractivity contribution in [2.75, 3.05) is 26.4 Å². The molecule has 1 fully saturated rings. The van der Waals surface area contributed by atoms with Crippen LogP contribution in [0, 0.1) is 0 Å². The smallest absolute Gasteiger partial charge is 0.462 e. The van der Waals surface area contributed by atoms with Gasteiger partial charge in [0, 0.05) is 12.8 Å². The van der Waals surface area contributed by atoms with Crippen molar-refractivity contribution in [3.63, 3.8) is 0 Å². The van der Waals surface area contributed by atoms with E-state index in [-0.39, 0.29) is 31.7 Å². The van der Waals surface area contributed by atoms with Crippen LogP contribution in [0.2, 0.25) is 0 Å². The van der Waals surface area contributed by atoms with E-state index in [0.29, 0.717) is 19.3 Å². The van der Waals surface area contributed by atoms with Crippen LogP contribution in [0.4, 0.5) is 0 Å². The molecule has 56 heavy (non-hydrogen) atoms.